The molecule has 2 aliphatic rings. The monoisotopic (exact) mass is 295 g/mol. The molecule has 2 unspecified atom stereocenters. The van der Waals surface area contributed by atoms with Crippen molar-refractivity contribution in [2.24, 2.45) is 0 Å². The normalized spacial score (nSPS) is 24.5. The molecule has 3 nitrogen and oxygen atoms in total. The second-order valence-corrected chi connectivity index (χ2v) is 5.58. The van der Waals surface area contributed by atoms with Crippen LogP contribution in [0.15, 0.2) is 18.2 Å². The molecule has 0 bridgehead atoms. The first kappa shape index (κ1) is 11.2. The van der Waals surface area contributed by atoms with Crippen LogP contribution in [0.2, 0.25) is 0 Å². The number of halogens is 1. The number of amides is 1. The van der Waals surface area contributed by atoms with Crippen LogP contribution in [0.1, 0.15) is 28.8 Å². The third-order valence-corrected chi connectivity index (χ3v) is 4.48. The number of rotatable bonds is 2. The van der Waals surface area contributed by atoms with Gasteiger partial charge in [-0.15, -0.1) is 0 Å². The van der Waals surface area contributed by atoms with E-state index in [0.29, 0.717) is 6.42 Å². The molecule has 1 amide bonds. The van der Waals surface area contributed by atoms with Crippen molar-refractivity contribution in [1.82, 2.24) is 0 Å². The van der Waals surface area contributed by atoms with E-state index in [1.807, 2.05) is 6.07 Å². The molecule has 17 heavy (non-hydrogen) atoms. The lowest BCUT2D eigenvalue weighted by Crippen LogP contribution is -2.12. The lowest BCUT2D eigenvalue weighted by molar-refractivity contribution is -0.115. The molecule has 2 atom stereocenters. The Hall–Kier alpha value is -0.870. The average Bonchev–Trinajstić information content (AvgIpc) is 2.94. The van der Waals surface area contributed by atoms with Crippen molar-refractivity contribution < 1.29 is 9.53 Å². The molecule has 2 aliphatic heterocycles. The van der Waals surface area contributed by atoms with Gasteiger partial charge in [0.25, 0.3) is 0 Å². The maximum Gasteiger partial charge on any atom is 0.228 e. The number of carbonyl (C=O) groups is 1. The van der Waals surface area contributed by atoms with E-state index < -0.39 is 0 Å². The summed E-state index contributed by atoms with van der Waals surface area (Å²) in [6.45, 7) is 0.859. The Morgan fingerprint density at radius 1 is 1.47 bits per heavy atom. The molecule has 4 heteroatoms. The van der Waals surface area contributed by atoms with Crippen molar-refractivity contribution in [1.29, 1.82) is 0 Å². The topological polar surface area (TPSA) is 38.3 Å². The van der Waals surface area contributed by atoms with E-state index in [4.69, 9.17) is 4.74 Å². The largest absolute Gasteiger partial charge is 0.377 e. The predicted molar refractivity (Wildman–Crippen MR) is 69.4 cm³/mol. The predicted octanol–water partition coefficient (Wildman–Crippen LogP) is 2.80. The van der Waals surface area contributed by atoms with Crippen LogP contribution in [0, 0.1) is 0 Å². The molecule has 1 aromatic rings. The molecule has 0 aliphatic carbocycles. The summed E-state index contributed by atoms with van der Waals surface area (Å²) < 4.78 is 5.68. The number of carbonyl (C=O) groups excluding carboxylic acids is 1. The van der Waals surface area contributed by atoms with E-state index in [1.54, 1.807) is 0 Å². The fourth-order valence-corrected chi connectivity index (χ4v) is 3.17. The van der Waals surface area contributed by atoms with E-state index in [-0.39, 0.29) is 16.8 Å². The minimum absolute atomic E-state index is 0.0837. The minimum atomic E-state index is 0.0837. The summed E-state index contributed by atoms with van der Waals surface area (Å²) in [7, 11) is 0. The zero-order chi connectivity index (χ0) is 11.8. The van der Waals surface area contributed by atoms with Crippen LogP contribution in [0.3, 0.4) is 0 Å². The molecule has 0 spiro atoms. The molecule has 1 aromatic carbocycles. The first-order valence-corrected chi connectivity index (χ1v) is 6.84. The maximum absolute atomic E-state index is 11.3. The Balaban J connectivity index is 1.84. The van der Waals surface area contributed by atoms with Gasteiger partial charge in [0.1, 0.15) is 0 Å². The standard InChI is InChI=1S/C13H14BrNO2/c14-13(11-2-1-5-17-11)8-3-4-10-9(6-8)7-12(16)15-10/h3-4,6,11,13H,1-2,5,7H2,(H,15,16). The van der Waals surface area contributed by atoms with Crippen LogP contribution < -0.4 is 5.32 Å². The van der Waals surface area contributed by atoms with Crippen LogP contribution in [0.4, 0.5) is 5.69 Å². The van der Waals surface area contributed by atoms with E-state index in [0.717, 1.165) is 30.7 Å². The molecule has 2 heterocycles. The highest BCUT2D eigenvalue weighted by Gasteiger charge is 2.26. The van der Waals surface area contributed by atoms with Gasteiger partial charge in [-0.25, -0.2) is 0 Å². The van der Waals surface area contributed by atoms with Crippen LogP contribution in [0.5, 0.6) is 0 Å². The molecular weight excluding hydrogens is 282 g/mol. The molecular formula is C13H14BrNO2. The minimum Gasteiger partial charge on any atom is -0.377 e. The Bertz CT molecular complexity index is 455. The van der Waals surface area contributed by atoms with Gasteiger partial charge in [-0.05, 0) is 30.0 Å². The van der Waals surface area contributed by atoms with Crippen molar-refractivity contribution in [3.05, 3.63) is 29.3 Å². The van der Waals surface area contributed by atoms with Gasteiger partial charge in [0.2, 0.25) is 5.91 Å². The fourth-order valence-electron chi connectivity index (χ4n) is 2.47. The van der Waals surface area contributed by atoms with Gasteiger partial charge < -0.3 is 10.1 Å². The van der Waals surface area contributed by atoms with Crippen LogP contribution >= 0.6 is 15.9 Å². The van der Waals surface area contributed by atoms with Gasteiger partial charge >= 0.3 is 0 Å². The quantitative estimate of drug-likeness (QED) is 0.852. The van der Waals surface area contributed by atoms with Gasteiger partial charge in [-0.2, -0.15) is 0 Å². The Labute approximate surface area is 109 Å². The number of hydrogen-bond acceptors (Lipinski definition) is 2. The zero-order valence-electron chi connectivity index (χ0n) is 9.41. The zero-order valence-corrected chi connectivity index (χ0v) is 11.0. The molecule has 1 N–H and O–H groups in total. The SMILES string of the molecule is O=C1Cc2cc(C(Br)C3CCCO3)ccc2N1. The molecule has 1 fully saturated rings. The van der Waals surface area contributed by atoms with E-state index in [2.05, 4.69) is 33.4 Å². The van der Waals surface area contributed by atoms with E-state index in [1.165, 1.54) is 5.56 Å². The van der Waals surface area contributed by atoms with Crippen molar-refractivity contribution >= 4 is 27.5 Å². The third-order valence-electron chi connectivity index (χ3n) is 3.36. The van der Waals surface area contributed by atoms with E-state index >= 15 is 0 Å². The lowest BCUT2D eigenvalue weighted by Gasteiger charge is -2.17. The average molecular weight is 296 g/mol. The highest BCUT2D eigenvalue weighted by molar-refractivity contribution is 9.09. The number of benzene rings is 1. The Morgan fingerprint density at radius 2 is 2.35 bits per heavy atom. The smallest absolute Gasteiger partial charge is 0.228 e. The summed E-state index contributed by atoms with van der Waals surface area (Å²) >= 11 is 3.71. The summed E-state index contributed by atoms with van der Waals surface area (Å²) in [5.41, 5.74) is 3.24. The van der Waals surface area contributed by atoms with Crippen molar-refractivity contribution in [3.8, 4) is 0 Å². The number of ether oxygens (including phenoxy) is 1. The second kappa shape index (κ2) is 4.42. The van der Waals surface area contributed by atoms with Crippen LogP contribution in [-0.2, 0) is 16.0 Å². The van der Waals surface area contributed by atoms with E-state index in [9.17, 15) is 4.79 Å². The summed E-state index contributed by atoms with van der Waals surface area (Å²) in [6, 6.07) is 6.15. The number of hydrogen-bond donors (Lipinski definition) is 1. The maximum atomic E-state index is 11.3. The number of alkyl halides is 1. The Morgan fingerprint density at radius 3 is 3.12 bits per heavy atom. The lowest BCUT2D eigenvalue weighted by atomic mass is 10.0. The number of nitrogens with one attached hydrogen (secondary N) is 1. The highest BCUT2D eigenvalue weighted by Crippen LogP contribution is 2.36. The summed E-state index contributed by atoms with van der Waals surface area (Å²) in [5, 5.41) is 2.85. The number of anilines is 1. The molecule has 1 saturated heterocycles. The summed E-state index contributed by atoms with van der Waals surface area (Å²) in [5.74, 6) is 0.0837. The molecule has 3 rings (SSSR count). The second-order valence-electron chi connectivity index (χ2n) is 4.59. The van der Waals surface area contributed by atoms with Gasteiger partial charge in [-0.1, -0.05) is 28.1 Å². The van der Waals surface area contributed by atoms with Gasteiger partial charge in [0.15, 0.2) is 0 Å². The first-order chi connectivity index (χ1) is 8.24. The van der Waals surface area contributed by atoms with Gasteiger partial charge in [0.05, 0.1) is 17.4 Å². The van der Waals surface area contributed by atoms with Crippen molar-refractivity contribution in [3.63, 3.8) is 0 Å². The van der Waals surface area contributed by atoms with Gasteiger partial charge in [-0.3, -0.25) is 4.79 Å². The third kappa shape index (κ3) is 2.11. The summed E-state index contributed by atoms with van der Waals surface area (Å²) in [4.78, 5) is 11.5. The van der Waals surface area contributed by atoms with Gasteiger partial charge in [0, 0.05) is 12.3 Å². The van der Waals surface area contributed by atoms with Crippen molar-refractivity contribution in [2.45, 2.75) is 30.2 Å². The molecule has 90 valence electrons. The van der Waals surface area contributed by atoms with Crippen molar-refractivity contribution in [2.75, 3.05) is 11.9 Å². The fraction of sp³-hybridized carbons (Fsp3) is 0.462. The molecule has 0 radical (unpaired) electrons. The van der Waals surface area contributed by atoms with Crippen LogP contribution in [0.25, 0.3) is 0 Å². The highest BCUT2D eigenvalue weighted by atomic mass is 79.9. The molecule has 0 saturated carbocycles. The number of fused-ring (bicyclic) bond motifs is 1. The van der Waals surface area contributed by atoms with Crippen LogP contribution in [-0.4, -0.2) is 18.6 Å². The summed E-state index contributed by atoms with van der Waals surface area (Å²) in [6.07, 6.45) is 2.99. The first-order valence-electron chi connectivity index (χ1n) is 5.92. The molecule has 0 aromatic heterocycles. The Kier molecular flexibility index (Phi) is 2.92.